The van der Waals surface area contributed by atoms with E-state index >= 15 is 0 Å². The summed E-state index contributed by atoms with van der Waals surface area (Å²) in [5.74, 6) is 1.67. The average Bonchev–Trinajstić information content (AvgIpc) is 2.86. The molecule has 1 fully saturated rings. The molecule has 3 aromatic carbocycles. The third kappa shape index (κ3) is 5.11. The van der Waals surface area contributed by atoms with Crippen LogP contribution in [0.2, 0.25) is 0 Å². The summed E-state index contributed by atoms with van der Waals surface area (Å²) in [6, 6.07) is 25.7. The zero-order chi connectivity index (χ0) is 22.3. The molecule has 1 amide bonds. The van der Waals surface area contributed by atoms with Crippen molar-refractivity contribution in [3.8, 4) is 11.5 Å². The maximum Gasteiger partial charge on any atom is 0.258 e. The van der Waals surface area contributed by atoms with Gasteiger partial charge in [-0.15, -0.1) is 0 Å². The van der Waals surface area contributed by atoms with Gasteiger partial charge in [0.15, 0.2) is 0 Å². The fourth-order valence-electron chi connectivity index (χ4n) is 4.30. The maximum atomic E-state index is 13.5. The molecule has 1 saturated heterocycles. The number of amides is 1. The molecule has 166 valence electrons. The molecule has 4 rings (SSSR count). The fraction of sp³-hybridized carbons (Fsp3) is 0.296. The first-order chi connectivity index (χ1) is 15.7. The van der Waals surface area contributed by atoms with Gasteiger partial charge in [-0.1, -0.05) is 36.4 Å². The summed E-state index contributed by atoms with van der Waals surface area (Å²) < 4.78 is 10.7. The Morgan fingerprint density at radius 2 is 1.56 bits per heavy atom. The summed E-state index contributed by atoms with van der Waals surface area (Å²) in [5.41, 5.74) is 2.86. The van der Waals surface area contributed by atoms with Crippen molar-refractivity contribution < 1.29 is 14.3 Å². The van der Waals surface area contributed by atoms with Crippen LogP contribution in [0, 0.1) is 0 Å². The molecule has 0 spiro atoms. The van der Waals surface area contributed by atoms with Crippen LogP contribution in [0.15, 0.2) is 78.9 Å². The first kappa shape index (κ1) is 21.9. The number of rotatable bonds is 7. The molecule has 32 heavy (non-hydrogen) atoms. The molecule has 3 aromatic rings. The van der Waals surface area contributed by atoms with Crippen LogP contribution in [-0.2, 0) is 6.54 Å². The van der Waals surface area contributed by atoms with E-state index in [1.54, 1.807) is 14.2 Å². The van der Waals surface area contributed by atoms with E-state index in [9.17, 15) is 4.79 Å². The second-order valence-electron chi connectivity index (χ2n) is 8.10. The average molecular weight is 431 g/mol. The lowest BCUT2D eigenvalue weighted by Gasteiger charge is -2.38. The number of ether oxygens (including phenoxy) is 2. The quantitative estimate of drug-likeness (QED) is 0.528. The fourth-order valence-corrected chi connectivity index (χ4v) is 4.30. The minimum absolute atomic E-state index is 0.0347. The molecule has 1 aliphatic heterocycles. The number of hydrogen-bond donors (Lipinski definition) is 0. The number of carbonyl (C=O) groups excluding carboxylic acids is 1. The number of nitrogens with zero attached hydrogens (tertiary/aromatic N) is 2. The lowest BCUT2D eigenvalue weighted by Crippen LogP contribution is -2.47. The monoisotopic (exact) mass is 430 g/mol. The predicted octanol–water partition coefficient (Wildman–Crippen LogP) is 5.02. The Bertz CT molecular complexity index is 1010. The van der Waals surface area contributed by atoms with Crippen molar-refractivity contribution in [3.05, 3.63) is 90.0 Å². The number of benzene rings is 3. The van der Waals surface area contributed by atoms with E-state index in [0.29, 0.717) is 5.56 Å². The highest BCUT2D eigenvalue weighted by Gasteiger charge is 2.30. The van der Waals surface area contributed by atoms with E-state index in [1.807, 2.05) is 71.6 Å². The van der Waals surface area contributed by atoms with Gasteiger partial charge >= 0.3 is 0 Å². The molecule has 1 aliphatic rings. The van der Waals surface area contributed by atoms with Crippen LogP contribution >= 0.6 is 0 Å². The first-order valence-corrected chi connectivity index (χ1v) is 11.1. The Morgan fingerprint density at radius 1 is 0.875 bits per heavy atom. The van der Waals surface area contributed by atoms with E-state index in [0.717, 1.165) is 49.7 Å². The van der Waals surface area contributed by atoms with Gasteiger partial charge < -0.3 is 14.4 Å². The molecule has 1 heterocycles. The van der Waals surface area contributed by atoms with Gasteiger partial charge in [-0.3, -0.25) is 9.69 Å². The van der Waals surface area contributed by atoms with E-state index in [2.05, 4.69) is 17.0 Å². The topological polar surface area (TPSA) is 42.0 Å². The molecular weight excluding hydrogens is 400 g/mol. The van der Waals surface area contributed by atoms with Gasteiger partial charge in [0.1, 0.15) is 11.5 Å². The highest BCUT2D eigenvalue weighted by Crippen LogP contribution is 2.29. The summed E-state index contributed by atoms with van der Waals surface area (Å²) in [7, 11) is 3.34. The molecule has 0 N–H and O–H groups in total. The van der Waals surface area contributed by atoms with Crippen LogP contribution in [0.4, 0.5) is 5.69 Å². The summed E-state index contributed by atoms with van der Waals surface area (Å²) in [6.45, 7) is 2.79. The third-order valence-electron chi connectivity index (χ3n) is 6.06. The van der Waals surface area contributed by atoms with Crippen molar-refractivity contribution in [3.63, 3.8) is 0 Å². The Hall–Kier alpha value is -3.31. The standard InChI is InChI=1S/C27H30N2O3/c1-31-25-13-11-21(12-14-25)20-28-17-15-23(16-18-28)29(24-9-6-10-26(19-24)32-2)27(30)22-7-4-3-5-8-22/h3-14,19,23H,15-18,20H2,1-2H3. The van der Waals surface area contributed by atoms with Crippen molar-refractivity contribution in [1.82, 2.24) is 4.90 Å². The van der Waals surface area contributed by atoms with Crippen molar-refractivity contribution >= 4 is 11.6 Å². The minimum atomic E-state index is 0.0347. The van der Waals surface area contributed by atoms with Gasteiger partial charge in [-0.2, -0.15) is 0 Å². The van der Waals surface area contributed by atoms with Crippen LogP contribution in [-0.4, -0.2) is 44.2 Å². The van der Waals surface area contributed by atoms with Gasteiger partial charge in [0.2, 0.25) is 0 Å². The molecule has 5 heteroatoms. The van der Waals surface area contributed by atoms with Crippen molar-refractivity contribution in [2.24, 2.45) is 0 Å². The Kier molecular flexibility index (Phi) is 7.07. The highest BCUT2D eigenvalue weighted by atomic mass is 16.5. The molecule has 0 unspecified atom stereocenters. The summed E-state index contributed by atoms with van der Waals surface area (Å²) in [5, 5.41) is 0. The number of hydrogen-bond acceptors (Lipinski definition) is 4. The second-order valence-corrected chi connectivity index (χ2v) is 8.10. The molecule has 0 atom stereocenters. The molecule has 0 radical (unpaired) electrons. The lowest BCUT2D eigenvalue weighted by atomic mass is 10.00. The van der Waals surface area contributed by atoms with Crippen molar-refractivity contribution in [1.29, 1.82) is 0 Å². The van der Waals surface area contributed by atoms with Crippen LogP contribution in [0.1, 0.15) is 28.8 Å². The smallest absolute Gasteiger partial charge is 0.258 e. The van der Waals surface area contributed by atoms with Gasteiger partial charge in [-0.05, 0) is 54.8 Å². The van der Waals surface area contributed by atoms with Crippen LogP contribution in [0.25, 0.3) is 0 Å². The minimum Gasteiger partial charge on any atom is -0.497 e. The maximum absolute atomic E-state index is 13.5. The van der Waals surface area contributed by atoms with Crippen molar-refractivity contribution in [2.45, 2.75) is 25.4 Å². The third-order valence-corrected chi connectivity index (χ3v) is 6.06. The zero-order valence-electron chi connectivity index (χ0n) is 18.7. The van der Waals surface area contributed by atoms with Gasteiger partial charge in [0, 0.05) is 43.0 Å². The number of piperidine rings is 1. The number of anilines is 1. The van der Waals surface area contributed by atoms with Gasteiger partial charge in [-0.25, -0.2) is 0 Å². The van der Waals surface area contributed by atoms with Gasteiger partial charge in [0.25, 0.3) is 5.91 Å². The molecule has 0 bridgehead atoms. The van der Waals surface area contributed by atoms with Crippen LogP contribution in [0.5, 0.6) is 11.5 Å². The normalized spacial score (nSPS) is 14.7. The Balaban J connectivity index is 1.50. The van der Waals surface area contributed by atoms with E-state index < -0.39 is 0 Å². The Labute approximate surface area is 190 Å². The zero-order valence-corrected chi connectivity index (χ0v) is 18.7. The largest absolute Gasteiger partial charge is 0.497 e. The lowest BCUT2D eigenvalue weighted by molar-refractivity contribution is 0.0958. The summed E-state index contributed by atoms with van der Waals surface area (Å²) in [4.78, 5) is 18.0. The SMILES string of the molecule is COc1ccc(CN2CCC(N(C(=O)c3ccccc3)c3cccc(OC)c3)CC2)cc1. The van der Waals surface area contributed by atoms with Crippen LogP contribution in [0.3, 0.4) is 0 Å². The van der Waals surface area contributed by atoms with E-state index in [4.69, 9.17) is 9.47 Å². The number of methoxy groups -OCH3 is 2. The summed E-state index contributed by atoms with van der Waals surface area (Å²) >= 11 is 0. The number of likely N-dealkylation sites (tertiary alicyclic amines) is 1. The van der Waals surface area contributed by atoms with E-state index in [-0.39, 0.29) is 11.9 Å². The molecule has 0 saturated carbocycles. The number of carbonyl (C=O) groups is 1. The summed E-state index contributed by atoms with van der Waals surface area (Å²) in [6.07, 6.45) is 1.85. The van der Waals surface area contributed by atoms with E-state index in [1.165, 1.54) is 5.56 Å². The predicted molar refractivity (Wildman–Crippen MR) is 128 cm³/mol. The second kappa shape index (κ2) is 10.3. The molecule has 0 aromatic heterocycles. The van der Waals surface area contributed by atoms with Crippen molar-refractivity contribution in [2.75, 3.05) is 32.2 Å². The first-order valence-electron chi connectivity index (χ1n) is 11.1. The van der Waals surface area contributed by atoms with Crippen LogP contribution < -0.4 is 14.4 Å². The van der Waals surface area contributed by atoms with Gasteiger partial charge in [0.05, 0.1) is 14.2 Å². The molecular formula is C27H30N2O3. The highest BCUT2D eigenvalue weighted by molar-refractivity contribution is 6.06. The molecule has 0 aliphatic carbocycles. The Morgan fingerprint density at radius 3 is 2.22 bits per heavy atom. The molecule has 5 nitrogen and oxygen atoms in total.